The van der Waals surface area contributed by atoms with Crippen molar-refractivity contribution in [2.24, 2.45) is 0 Å². The van der Waals surface area contributed by atoms with Gasteiger partial charge in [0.2, 0.25) is 5.95 Å². The minimum absolute atomic E-state index is 0.191. The van der Waals surface area contributed by atoms with E-state index in [2.05, 4.69) is 71.7 Å². The predicted octanol–water partition coefficient (Wildman–Crippen LogP) is 4.93. The third-order valence-electron chi connectivity index (χ3n) is 4.79. The van der Waals surface area contributed by atoms with Crippen molar-refractivity contribution >= 4 is 17.5 Å². The highest BCUT2D eigenvalue weighted by Gasteiger charge is 2.14. The van der Waals surface area contributed by atoms with E-state index in [1.165, 1.54) is 11.1 Å². The van der Waals surface area contributed by atoms with E-state index in [4.69, 9.17) is 0 Å². The number of carbonyl (C=O) groups excluding carboxylic acids is 1. The van der Waals surface area contributed by atoms with Gasteiger partial charge >= 0.3 is 0 Å². The zero-order valence-corrected chi connectivity index (χ0v) is 17.5. The molecule has 0 aliphatic rings. The lowest BCUT2D eigenvalue weighted by Crippen LogP contribution is -2.27. The molecule has 1 heterocycles. The Morgan fingerprint density at radius 3 is 2.48 bits per heavy atom. The van der Waals surface area contributed by atoms with Crippen LogP contribution in [-0.2, 0) is 6.42 Å². The molecule has 1 aromatic heterocycles. The Labute approximate surface area is 172 Å². The van der Waals surface area contributed by atoms with E-state index in [-0.39, 0.29) is 5.91 Å². The summed E-state index contributed by atoms with van der Waals surface area (Å²) in [6.07, 6.45) is 0.780. The van der Waals surface area contributed by atoms with Crippen molar-refractivity contribution in [1.29, 1.82) is 0 Å². The van der Waals surface area contributed by atoms with Gasteiger partial charge in [0.05, 0.1) is 0 Å². The van der Waals surface area contributed by atoms with Crippen molar-refractivity contribution in [3.63, 3.8) is 0 Å². The summed E-state index contributed by atoms with van der Waals surface area (Å²) in [7, 11) is 0. The van der Waals surface area contributed by atoms with Gasteiger partial charge in [-0.2, -0.15) is 0 Å². The summed E-state index contributed by atoms with van der Waals surface area (Å²) in [5.41, 5.74) is 5.63. The van der Waals surface area contributed by atoms with Crippen LogP contribution in [0.25, 0.3) is 0 Å². The number of carbonyl (C=O) groups is 1. The van der Waals surface area contributed by atoms with Crippen LogP contribution in [0.3, 0.4) is 0 Å². The second-order valence-corrected chi connectivity index (χ2v) is 7.53. The van der Waals surface area contributed by atoms with Crippen molar-refractivity contribution in [2.75, 3.05) is 11.9 Å². The third-order valence-corrected chi connectivity index (χ3v) is 4.79. The molecule has 0 aliphatic heterocycles. The van der Waals surface area contributed by atoms with Crippen LogP contribution in [0.2, 0.25) is 0 Å². The SMILES string of the molecule is Cc1cc(C(=O)NCCc2ccccc2)nc(Nc2c(C)cccc2C(C)C)n1. The largest absolute Gasteiger partial charge is 0.350 e. The summed E-state index contributed by atoms with van der Waals surface area (Å²) in [6.45, 7) is 8.80. The Morgan fingerprint density at radius 1 is 1.00 bits per heavy atom. The topological polar surface area (TPSA) is 66.9 Å². The van der Waals surface area contributed by atoms with Crippen molar-refractivity contribution in [3.8, 4) is 0 Å². The Balaban J connectivity index is 1.74. The molecule has 2 aromatic carbocycles. The van der Waals surface area contributed by atoms with Gasteiger partial charge in [0, 0.05) is 17.9 Å². The number of nitrogens with zero attached hydrogens (tertiary/aromatic N) is 2. The summed E-state index contributed by atoms with van der Waals surface area (Å²) >= 11 is 0. The smallest absolute Gasteiger partial charge is 0.270 e. The van der Waals surface area contributed by atoms with Crippen molar-refractivity contribution in [1.82, 2.24) is 15.3 Å². The standard InChI is InChI=1S/C24H28N4O/c1-16(2)20-12-8-9-17(3)22(20)28-24-26-18(4)15-21(27-24)23(29)25-14-13-19-10-6-5-7-11-19/h5-12,15-16H,13-14H2,1-4H3,(H,25,29)(H,26,27,28). The molecule has 0 fully saturated rings. The highest BCUT2D eigenvalue weighted by Crippen LogP contribution is 2.29. The molecule has 0 unspecified atom stereocenters. The number of benzene rings is 2. The third kappa shape index (κ3) is 5.41. The quantitative estimate of drug-likeness (QED) is 0.602. The lowest BCUT2D eigenvalue weighted by molar-refractivity contribution is 0.0949. The van der Waals surface area contributed by atoms with Gasteiger partial charge in [0.1, 0.15) is 5.69 Å². The second kappa shape index (κ2) is 9.32. The highest BCUT2D eigenvalue weighted by molar-refractivity contribution is 5.92. The number of hydrogen-bond donors (Lipinski definition) is 2. The molecule has 1 amide bonds. The van der Waals surface area contributed by atoms with Crippen molar-refractivity contribution < 1.29 is 4.79 Å². The Kier molecular flexibility index (Phi) is 6.60. The van der Waals surface area contributed by atoms with Crippen LogP contribution in [0.1, 0.15) is 52.6 Å². The first-order chi connectivity index (χ1) is 13.9. The fourth-order valence-corrected chi connectivity index (χ4v) is 3.25. The average molecular weight is 389 g/mol. The number of anilines is 2. The molecule has 0 atom stereocenters. The highest BCUT2D eigenvalue weighted by atomic mass is 16.1. The molecule has 0 saturated heterocycles. The van der Waals surface area contributed by atoms with Gasteiger partial charge in [0.15, 0.2) is 0 Å². The summed E-state index contributed by atoms with van der Waals surface area (Å²) < 4.78 is 0. The van der Waals surface area contributed by atoms with Gasteiger partial charge in [0.25, 0.3) is 5.91 Å². The van der Waals surface area contributed by atoms with Gasteiger partial charge in [-0.05, 0) is 48.9 Å². The monoisotopic (exact) mass is 388 g/mol. The fraction of sp³-hybridized carbons (Fsp3) is 0.292. The van der Waals surface area contributed by atoms with Gasteiger partial charge < -0.3 is 10.6 Å². The zero-order valence-electron chi connectivity index (χ0n) is 17.5. The van der Waals surface area contributed by atoms with Gasteiger partial charge in [-0.15, -0.1) is 0 Å². The van der Waals surface area contributed by atoms with Crippen LogP contribution < -0.4 is 10.6 Å². The van der Waals surface area contributed by atoms with Crippen LogP contribution in [0.4, 0.5) is 11.6 Å². The predicted molar refractivity (Wildman–Crippen MR) is 118 cm³/mol. The molecule has 150 valence electrons. The number of aromatic nitrogens is 2. The van der Waals surface area contributed by atoms with E-state index in [1.54, 1.807) is 6.07 Å². The van der Waals surface area contributed by atoms with E-state index < -0.39 is 0 Å². The first-order valence-corrected chi connectivity index (χ1v) is 9.98. The molecule has 3 aromatic rings. The molecule has 0 aliphatic carbocycles. The molecule has 0 radical (unpaired) electrons. The summed E-state index contributed by atoms with van der Waals surface area (Å²) in [6, 6.07) is 18.0. The van der Waals surface area contributed by atoms with Gasteiger partial charge in [-0.1, -0.05) is 62.4 Å². The van der Waals surface area contributed by atoms with E-state index in [0.717, 1.165) is 23.4 Å². The lowest BCUT2D eigenvalue weighted by Gasteiger charge is -2.17. The Bertz CT molecular complexity index is 983. The van der Waals surface area contributed by atoms with Crippen LogP contribution in [0.5, 0.6) is 0 Å². The normalized spacial score (nSPS) is 10.8. The molecule has 0 bridgehead atoms. The maximum absolute atomic E-state index is 12.6. The molecule has 2 N–H and O–H groups in total. The van der Waals surface area contributed by atoms with Crippen LogP contribution in [0, 0.1) is 13.8 Å². The first-order valence-electron chi connectivity index (χ1n) is 9.98. The maximum Gasteiger partial charge on any atom is 0.270 e. The van der Waals surface area contributed by atoms with E-state index in [9.17, 15) is 4.79 Å². The van der Waals surface area contributed by atoms with Crippen molar-refractivity contribution in [2.45, 2.75) is 40.0 Å². The molecule has 3 rings (SSSR count). The number of rotatable bonds is 7. The molecule has 0 saturated carbocycles. The van der Waals surface area contributed by atoms with Gasteiger partial charge in [-0.3, -0.25) is 4.79 Å². The minimum Gasteiger partial charge on any atom is -0.350 e. The minimum atomic E-state index is -0.191. The molecule has 29 heavy (non-hydrogen) atoms. The van der Waals surface area contributed by atoms with Crippen LogP contribution >= 0.6 is 0 Å². The first kappa shape index (κ1) is 20.5. The van der Waals surface area contributed by atoms with Crippen LogP contribution in [0.15, 0.2) is 54.6 Å². The Morgan fingerprint density at radius 2 is 1.76 bits per heavy atom. The number of nitrogens with one attached hydrogen (secondary N) is 2. The number of aryl methyl sites for hydroxylation is 2. The van der Waals surface area contributed by atoms with E-state index >= 15 is 0 Å². The molecular formula is C24H28N4O. The lowest BCUT2D eigenvalue weighted by atomic mass is 9.98. The number of para-hydroxylation sites is 1. The van der Waals surface area contributed by atoms with E-state index in [0.29, 0.717) is 24.1 Å². The van der Waals surface area contributed by atoms with Crippen LogP contribution in [-0.4, -0.2) is 22.4 Å². The molecule has 5 heteroatoms. The number of hydrogen-bond acceptors (Lipinski definition) is 4. The van der Waals surface area contributed by atoms with Gasteiger partial charge in [-0.25, -0.2) is 9.97 Å². The summed E-state index contributed by atoms with van der Waals surface area (Å²) in [5, 5.41) is 6.29. The summed E-state index contributed by atoms with van der Waals surface area (Å²) in [4.78, 5) is 21.5. The molecule has 0 spiro atoms. The Hall–Kier alpha value is -3.21. The molecular weight excluding hydrogens is 360 g/mol. The molecule has 5 nitrogen and oxygen atoms in total. The second-order valence-electron chi connectivity index (χ2n) is 7.53. The fourth-order valence-electron chi connectivity index (χ4n) is 3.25. The van der Waals surface area contributed by atoms with Crippen molar-refractivity contribution in [3.05, 3.63) is 82.7 Å². The average Bonchev–Trinajstić information content (AvgIpc) is 2.69. The maximum atomic E-state index is 12.6. The summed E-state index contributed by atoms with van der Waals surface area (Å²) in [5.74, 6) is 0.612. The zero-order chi connectivity index (χ0) is 20.8. The number of amides is 1. The van der Waals surface area contributed by atoms with E-state index in [1.807, 2.05) is 25.1 Å².